The molecule has 4 heteroatoms. The van der Waals surface area contributed by atoms with Crippen molar-refractivity contribution in [3.05, 3.63) is 34.9 Å². The van der Waals surface area contributed by atoms with Crippen molar-refractivity contribution in [3.8, 4) is 0 Å². The summed E-state index contributed by atoms with van der Waals surface area (Å²) in [6.45, 7) is 0.0317. The smallest absolute Gasteiger partial charge is 0.164 e. The highest BCUT2D eigenvalue weighted by molar-refractivity contribution is 5.26. The number of benzene rings is 1. The molecule has 0 saturated heterocycles. The zero-order valence-electron chi connectivity index (χ0n) is 8.59. The summed E-state index contributed by atoms with van der Waals surface area (Å²) >= 11 is 0. The average Bonchev–Trinajstić information content (AvgIpc) is 2.24. The van der Waals surface area contributed by atoms with E-state index in [0.717, 1.165) is 0 Å². The van der Waals surface area contributed by atoms with Crippen LogP contribution in [0.2, 0.25) is 0 Å². The van der Waals surface area contributed by atoms with Crippen LogP contribution in [0.4, 0.5) is 8.78 Å². The van der Waals surface area contributed by atoms with Crippen LogP contribution >= 0.6 is 0 Å². The number of rotatable bonds is 5. The largest absolute Gasteiger partial charge is 0.396 e. The van der Waals surface area contributed by atoms with E-state index in [-0.39, 0.29) is 18.8 Å². The highest BCUT2D eigenvalue weighted by atomic mass is 19.2. The van der Waals surface area contributed by atoms with E-state index in [1.807, 2.05) is 0 Å². The Hall–Kier alpha value is -1.00. The van der Waals surface area contributed by atoms with Crippen molar-refractivity contribution in [2.24, 2.45) is 0 Å². The molecule has 0 atom stereocenters. The van der Waals surface area contributed by atoms with Gasteiger partial charge >= 0.3 is 0 Å². The predicted octanol–water partition coefficient (Wildman–Crippen LogP) is 2.04. The fraction of sp³-hybridized carbons (Fsp3) is 0.455. The van der Waals surface area contributed by atoms with Gasteiger partial charge in [-0.15, -0.1) is 0 Å². The minimum Gasteiger partial charge on any atom is -0.396 e. The summed E-state index contributed by atoms with van der Waals surface area (Å²) in [5, 5.41) is 8.59. The van der Waals surface area contributed by atoms with Crippen molar-refractivity contribution in [1.29, 1.82) is 0 Å². The Bertz CT molecular complexity index is 327. The summed E-state index contributed by atoms with van der Waals surface area (Å²) in [7, 11) is 1.43. The molecule has 0 heterocycles. The highest BCUT2D eigenvalue weighted by Crippen LogP contribution is 2.18. The van der Waals surface area contributed by atoms with E-state index in [4.69, 9.17) is 9.84 Å². The molecule has 1 rings (SSSR count). The van der Waals surface area contributed by atoms with Gasteiger partial charge in [-0.2, -0.15) is 0 Å². The normalized spacial score (nSPS) is 10.7. The van der Waals surface area contributed by atoms with Crippen LogP contribution in [0, 0.1) is 11.6 Å². The van der Waals surface area contributed by atoms with E-state index < -0.39 is 11.6 Å². The standard InChI is InChI=1S/C11H14F2O2/c1-15-7-9-5-4-8(3-2-6-14)10(12)11(9)13/h4-5,14H,2-3,6-7H2,1H3. The molecule has 0 aliphatic heterocycles. The third-order valence-corrected chi connectivity index (χ3v) is 2.15. The molecule has 0 saturated carbocycles. The van der Waals surface area contributed by atoms with Gasteiger partial charge in [0.15, 0.2) is 11.6 Å². The number of aryl methyl sites for hydroxylation is 1. The lowest BCUT2D eigenvalue weighted by Crippen LogP contribution is -2.01. The van der Waals surface area contributed by atoms with Gasteiger partial charge in [-0.1, -0.05) is 12.1 Å². The Kier molecular flexibility index (Phi) is 4.65. The maximum absolute atomic E-state index is 13.4. The number of aliphatic hydroxyl groups is 1. The monoisotopic (exact) mass is 216 g/mol. The molecule has 1 aromatic rings. The lowest BCUT2D eigenvalue weighted by molar-refractivity contribution is 0.180. The maximum Gasteiger partial charge on any atom is 0.164 e. The zero-order valence-corrected chi connectivity index (χ0v) is 8.59. The van der Waals surface area contributed by atoms with Crippen LogP contribution in [-0.4, -0.2) is 18.8 Å². The van der Waals surface area contributed by atoms with Crippen molar-refractivity contribution in [2.45, 2.75) is 19.4 Å². The molecular formula is C11H14F2O2. The van der Waals surface area contributed by atoms with E-state index in [0.29, 0.717) is 18.4 Å². The van der Waals surface area contributed by atoms with E-state index in [1.54, 1.807) is 0 Å². The summed E-state index contributed by atoms with van der Waals surface area (Å²) in [5.41, 5.74) is 0.504. The van der Waals surface area contributed by atoms with Gasteiger partial charge in [-0.3, -0.25) is 0 Å². The summed E-state index contributed by atoms with van der Waals surface area (Å²) in [5.74, 6) is -1.69. The Labute approximate surface area is 87.5 Å². The fourth-order valence-corrected chi connectivity index (χ4v) is 1.36. The van der Waals surface area contributed by atoms with E-state index in [1.165, 1.54) is 19.2 Å². The molecule has 0 unspecified atom stereocenters. The third kappa shape index (κ3) is 2.97. The SMILES string of the molecule is COCc1ccc(CCCO)c(F)c1F. The summed E-state index contributed by atoms with van der Waals surface area (Å²) in [4.78, 5) is 0. The van der Waals surface area contributed by atoms with Gasteiger partial charge in [0.1, 0.15) is 0 Å². The molecule has 2 nitrogen and oxygen atoms in total. The zero-order chi connectivity index (χ0) is 11.3. The lowest BCUT2D eigenvalue weighted by Gasteiger charge is -2.07. The molecule has 1 aromatic carbocycles. The summed E-state index contributed by atoms with van der Waals surface area (Å²) < 4.78 is 31.5. The number of hydrogen-bond acceptors (Lipinski definition) is 2. The van der Waals surface area contributed by atoms with Gasteiger partial charge in [0.25, 0.3) is 0 Å². The van der Waals surface area contributed by atoms with Crippen molar-refractivity contribution < 1.29 is 18.6 Å². The minimum atomic E-state index is -0.854. The topological polar surface area (TPSA) is 29.5 Å². The van der Waals surface area contributed by atoms with Crippen molar-refractivity contribution >= 4 is 0 Å². The molecule has 1 N–H and O–H groups in total. The van der Waals surface area contributed by atoms with Crippen LogP contribution in [0.15, 0.2) is 12.1 Å². The van der Waals surface area contributed by atoms with E-state index in [2.05, 4.69) is 0 Å². The van der Waals surface area contributed by atoms with Gasteiger partial charge in [-0.25, -0.2) is 8.78 Å². The molecule has 84 valence electrons. The quantitative estimate of drug-likeness (QED) is 0.816. The van der Waals surface area contributed by atoms with Crippen molar-refractivity contribution in [3.63, 3.8) is 0 Å². The van der Waals surface area contributed by atoms with Crippen LogP contribution in [0.25, 0.3) is 0 Å². The predicted molar refractivity (Wildman–Crippen MR) is 52.5 cm³/mol. The molecule has 0 amide bonds. The van der Waals surface area contributed by atoms with Crippen LogP contribution < -0.4 is 0 Å². The van der Waals surface area contributed by atoms with Crippen LogP contribution in [-0.2, 0) is 17.8 Å². The Balaban J connectivity index is 2.88. The van der Waals surface area contributed by atoms with Crippen molar-refractivity contribution in [2.75, 3.05) is 13.7 Å². The van der Waals surface area contributed by atoms with E-state index >= 15 is 0 Å². The molecule has 0 aliphatic carbocycles. The van der Waals surface area contributed by atoms with Crippen LogP contribution in [0.5, 0.6) is 0 Å². The number of hydrogen-bond donors (Lipinski definition) is 1. The van der Waals surface area contributed by atoms with E-state index in [9.17, 15) is 8.78 Å². The first kappa shape index (κ1) is 12.1. The second kappa shape index (κ2) is 5.78. The van der Waals surface area contributed by atoms with Gasteiger partial charge < -0.3 is 9.84 Å². The molecule has 0 fully saturated rings. The second-order valence-corrected chi connectivity index (χ2v) is 3.27. The number of halogens is 2. The third-order valence-electron chi connectivity index (χ3n) is 2.15. The highest BCUT2D eigenvalue weighted by Gasteiger charge is 2.12. The second-order valence-electron chi connectivity index (χ2n) is 3.27. The Morgan fingerprint density at radius 1 is 1.20 bits per heavy atom. The Morgan fingerprint density at radius 2 is 1.80 bits per heavy atom. The average molecular weight is 216 g/mol. The summed E-state index contributed by atoms with van der Waals surface area (Å²) in [6.07, 6.45) is 0.770. The van der Waals surface area contributed by atoms with Gasteiger partial charge in [-0.05, 0) is 18.4 Å². The number of methoxy groups -OCH3 is 1. The first-order chi connectivity index (χ1) is 7.20. The molecule has 0 spiro atoms. The summed E-state index contributed by atoms with van der Waals surface area (Å²) in [6, 6.07) is 3.04. The number of aliphatic hydroxyl groups excluding tert-OH is 1. The van der Waals surface area contributed by atoms with Gasteiger partial charge in [0.05, 0.1) is 6.61 Å². The molecule has 0 aromatic heterocycles. The van der Waals surface area contributed by atoms with Crippen LogP contribution in [0.3, 0.4) is 0 Å². The fourth-order valence-electron chi connectivity index (χ4n) is 1.36. The number of ether oxygens (including phenoxy) is 1. The molecule has 0 bridgehead atoms. The van der Waals surface area contributed by atoms with Gasteiger partial charge in [0.2, 0.25) is 0 Å². The van der Waals surface area contributed by atoms with Crippen molar-refractivity contribution in [1.82, 2.24) is 0 Å². The first-order valence-electron chi connectivity index (χ1n) is 4.76. The maximum atomic E-state index is 13.4. The molecule has 0 radical (unpaired) electrons. The van der Waals surface area contributed by atoms with Gasteiger partial charge in [0, 0.05) is 19.3 Å². The molecule has 15 heavy (non-hydrogen) atoms. The Morgan fingerprint density at radius 3 is 2.40 bits per heavy atom. The van der Waals surface area contributed by atoms with Crippen LogP contribution in [0.1, 0.15) is 17.5 Å². The minimum absolute atomic E-state index is 0.0269. The molecular weight excluding hydrogens is 202 g/mol. The molecule has 0 aliphatic rings. The first-order valence-corrected chi connectivity index (χ1v) is 4.76. The lowest BCUT2D eigenvalue weighted by atomic mass is 10.1.